The number of pyridine rings is 1. The monoisotopic (exact) mass is 235 g/mol. The molecule has 0 aliphatic carbocycles. The highest BCUT2D eigenvalue weighted by Gasteiger charge is 2.11. The Hall–Kier alpha value is -1.74. The molecule has 80 valence electrons. The van der Waals surface area contributed by atoms with E-state index in [4.69, 9.17) is 11.6 Å². The third-order valence-electron chi connectivity index (χ3n) is 2.18. The highest BCUT2D eigenvalue weighted by Crippen LogP contribution is 2.25. The molecule has 0 radical (unpaired) electrons. The van der Waals surface area contributed by atoms with Gasteiger partial charge in [0.25, 0.3) is 5.24 Å². The molecule has 1 aromatic carbocycles. The Morgan fingerprint density at radius 1 is 1.19 bits per heavy atom. The highest BCUT2D eigenvalue weighted by atomic mass is 35.5. The van der Waals surface area contributed by atoms with Gasteiger partial charge in [0.2, 0.25) is 0 Å². The second kappa shape index (κ2) is 4.41. The van der Waals surface area contributed by atoms with Crippen molar-refractivity contribution in [1.82, 2.24) is 4.98 Å². The zero-order valence-corrected chi connectivity index (χ0v) is 8.91. The van der Waals surface area contributed by atoms with Gasteiger partial charge >= 0.3 is 0 Å². The van der Waals surface area contributed by atoms with Crippen LogP contribution in [0.15, 0.2) is 42.7 Å². The molecule has 0 spiro atoms. The average molecular weight is 236 g/mol. The van der Waals surface area contributed by atoms with E-state index in [1.807, 2.05) is 0 Å². The Balaban J connectivity index is 2.61. The van der Waals surface area contributed by atoms with Crippen molar-refractivity contribution in [3.05, 3.63) is 54.1 Å². The number of benzene rings is 1. The first-order valence-corrected chi connectivity index (χ1v) is 4.96. The van der Waals surface area contributed by atoms with Crippen molar-refractivity contribution >= 4 is 16.8 Å². The van der Waals surface area contributed by atoms with Crippen LogP contribution in [0.2, 0.25) is 0 Å². The van der Waals surface area contributed by atoms with Gasteiger partial charge in [0.15, 0.2) is 0 Å². The lowest BCUT2D eigenvalue weighted by molar-refractivity contribution is 0.108. The SMILES string of the molecule is O=C(Cl)c1cc(F)ccc1-c1ccncc1. The summed E-state index contributed by atoms with van der Waals surface area (Å²) in [4.78, 5) is 15.0. The van der Waals surface area contributed by atoms with Crippen molar-refractivity contribution in [3.63, 3.8) is 0 Å². The van der Waals surface area contributed by atoms with E-state index in [1.165, 1.54) is 12.1 Å². The van der Waals surface area contributed by atoms with Crippen LogP contribution in [0.4, 0.5) is 4.39 Å². The Labute approximate surface area is 96.7 Å². The average Bonchev–Trinajstić information content (AvgIpc) is 2.30. The van der Waals surface area contributed by atoms with Gasteiger partial charge in [0, 0.05) is 18.0 Å². The van der Waals surface area contributed by atoms with Gasteiger partial charge in [-0.25, -0.2) is 4.39 Å². The molecule has 0 amide bonds. The molecule has 0 saturated carbocycles. The zero-order valence-electron chi connectivity index (χ0n) is 8.15. The highest BCUT2D eigenvalue weighted by molar-refractivity contribution is 6.68. The minimum absolute atomic E-state index is 0.160. The van der Waals surface area contributed by atoms with Crippen LogP contribution in [0.3, 0.4) is 0 Å². The second-order valence-corrected chi connectivity index (χ2v) is 3.54. The molecular formula is C12H7ClFNO. The number of hydrogen-bond acceptors (Lipinski definition) is 2. The summed E-state index contributed by atoms with van der Waals surface area (Å²) in [7, 11) is 0. The molecule has 1 aromatic heterocycles. The summed E-state index contributed by atoms with van der Waals surface area (Å²) in [5, 5.41) is -0.675. The van der Waals surface area contributed by atoms with Gasteiger partial charge in [0.1, 0.15) is 5.82 Å². The summed E-state index contributed by atoms with van der Waals surface area (Å²) in [6.45, 7) is 0. The van der Waals surface area contributed by atoms with Gasteiger partial charge in [-0.15, -0.1) is 0 Å². The van der Waals surface area contributed by atoms with Gasteiger partial charge in [0.05, 0.1) is 0 Å². The molecule has 2 nitrogen and oxygen atoms in total. The molecule has 0 unspecified atom stereocenters. The molecular weight excluding hydrogens is 229 g/mol. The number of hydrogen-bond donors (Lipinski definition) is 0. The van der Waals surface area contributed by atoms with Crippen LogP contribution in [-0.4, -0.2) is 10.2 Å². The van der Waals surface area contributed by atoms with Crippen LogP contribution in [0, 0.1) is 5.82 Å². The van der Waals surface area contributed by atoms with E-state index in [1.54, 1.807) is 24.5 Å². The Morgan fingerprint density at radius 2 is 1.88 bits per heavy atom. The third-order valence-corrected chi connectivity index (χ3v) is 2.39. The molecule has 4 heteroatoms. The van der Waals surface area contributed by atoms with Crippen LogP contribution in [0.5, 0.6) is 0 Å². The van der Waals surface area contributed by atoms with Crippen molar-refractivity contribution in [2.45, 2.75) is 0 Å². The molecule has 0 aliphatic rings. The Morgan fingerprint density at radius 3 is 2.50 bits per heavy atom. The number of rotatable bonds is 2. The number of carbonyl (C=O) groups is 1. The van der Waals surface area contributed by atoms with E-state index in [2.05, 4.69) is 4.98 Å². The van der Waals surface area contributed by atoms with E-state index in [0.29, 0.717) is 5.56 Å². The molecule has 2 aromatic rings. The van der Waals surface area contributed by atoms with Crippen LogP contribution in [0.25, 0.3) is 11.1 Å². The first-order chi connectivity index (χ1) is 7.68. The second-order valence-electron chi connectivity index (χ2n) is 3.20. The van der Waals surface area contributed by atoms with E-state index in [-0.39, 0.29) is 5.56 Å². The van der Waals surface area contributed by atoms with Crippen molar-refractivity contribution in [3.8, 4) is 11.1 Å². The maximum atomic E-state index is 13.0. The molecule has 1 heterocycles. The topological polar surface area (TPSA) is 30.0 Å². The predicted octanol–water partition coefficient (Wildman–Crippen LogP) is 3.27. The first kappa shape index (κ1) is 10.8. The van der Waals surface area contributed by atoms with Crippen LogP contribution in [0.1, 0.15) is 10.4 Å². The summed E-state index contributed by atoms with van der Waals surface area (Å²) in [5.41, 5.74) is 1.54. The molecule has 0 N–H and O–H groups in total. The lowest BCUT2D eigenvalue weighted by atomic mass is 10.0. The van der Waals surface area contributed by atoms with E-state index in [0.717, 1.165) is 11.6 Å². The lowest BCUT2D eigenvalue weighted by Gasteiger charge is -2.05. The summed E-state index contributed by atoms with van der Waals surface area (Å²) in [5.74, 6) is -0.484. The number of halogens is 2. The molecule has 0 aliphatic heterocycles. The molecule has 0 fully saturated rings. The lowest BCUT2D eigenvalue weighted by Crippen LogP contribution is -1.95. The quantitative estimate of drug-likeness (QED) is 0.748. The summed E-state index contributed by atoms with van der Waals surface area (Å²) in [6.07, 6.45) is 3.20. The summed E-state index contributed by atoms with van der Waals surface area (Å²) < 4.78 is 13.0. The van der Waals surface area contributed by atoms with Crippen molar-refractivity contribution in [2.24, 2.45) is 0 Å². The van der Waals surface area contributed by atoms with E-state index in [9.17, 15) is 9.18 Å². The molecule has 0 saturated heterocycles. The van der Waals surface area contributed by atoms with Crippen molar-refractivity contribution < 1.29 is 9.18 Å². The Bertz CT molecular complexity index is 528. The van der Waals surface area contributed by atoms with Gasteiger partial charge < -0.3 is 0 Å². The van der Waals surface area contributed by atoms with Gasteiger partial charge in [-0.3, -0.25) is 9.78 Å². The predicted molar refractivity (Wildman–Crippen MR) is 59.8 cm³/mol. The van der Waals surface area contributed by atoms with Gasteiger partial charge in [-0.05, 0) is 47.0 Å². The number of aromatic nitrogens is 1. The van der Waals surface area contributed by atoms with E-state index < -0.39 is 11.1 Å². The van der Waals surface area contributed by atoms with Crippen molar-refractivity contribution in [2.75, 3.05) is 0 Å². The fourth-order valence-electron chi connectivity index (χ4n) is 1.46. The number of nitrogens with zero attached hydrogens (tertiary/aromatic N) is 1. The van der Waals surface area contributed by atoms with Gasteiger partial charge in [-0.2, -0.15) is 0 Å². The fourth-order valence-corrected chi connectivity index (χ4v) is 1.62. The molecule has 0 bridgehead atoms. The van der Waals surface area contributed by atoms with Crippen molar-refractivity contribution in [1.29, 1.82) is 0 Å². The van der Waals surface area contributed by atoms with E-state index >= 15 is 0 Å². The maximum absolute atomic E-state index is 13.0. The number of carbonyl (C=O) groups excluding carboxylic acids is 1. The minimum Gasteiger partial charge on any atom is -0.276 e. The standard InChI is InChI=1S/C12H7ClFNO/c13-12(16)11-7-9(14)1-2-10(11)8-3-5-15-6-4-8/h1-7H. The summed E-state index contributed by atoms with van der Waals surface area (Å²) >= 11 is 5.41. The van der Waals surface area contributed by atoms with Crippen LogP contribution >= 0.6 is 11.6 Å². The molecule has 2 rings (SSSR count). The fraction of sp³-hybridized carbons (Fsp3) is 0. The normalized spacial score (nSPS) is 10.1. The Kier molecular flexibility index (Phi) is 2.97. The first-order valence-electron chi connectivity index (χ1n) is 4.58. The smallest absolute Gasteiger partial charge is 0.253 e. The summed E-state index contributed by atoms with van der Waals surface area (Å²) in [6, 6.07) is 7.41. The minimum atomic E-state index is -0.675. The largest absolute Gasteiger partial charge is 0.276 e. The molecule has 16 heavy (non-hydrogen) atoms. The van der Waals surface area contributed by atoms with Crippen LogP contribution in [-0.2, 0) is 0 Å². The third kappa shape index (κ3) is 2.09. The zero-order chi connectivity index (χ0) is 11.5. The van der Waals surface area contributed by atoms with Crippen LogP contribution < -0.4 is 0 Å². The molecule has 0 atom stereocenters. The maximum Gasteiger partial charge on any atom is 0.253 e. The van der Waals surface area contributed by atoms with Gasteiger partial charge in [-0.1, -0.05) is 6.07 Å².